The number of nitrogens with one attached hydrogen (secondary N) is 2. The Labute approximate surface area is 230 Å². The summed E-state index contributed by atoms with van der Waals surface area (Å²) < 4.78 is 71.5. The highest BCUT2D eigenvalue weighted by Crippen LogP contribution is 2.39. The minimum absolute atomic E-state index is 0.0511. The number of benzene rings is 2. The van der Waals surface area contributed by atoms with Gasteiger partial charge in [0, 0.05) is 18.2 Å². The van der Waals surface area contributed by atoms with Gasteiger partial charge in [-0.05, 0) is 53.5 Å². The maximum atomic E-state index is 13.9. The molecule has 1 aliphatic rings. The van der Waals surface area contributed by atoms with Crippen LogP contribution in [0.2, 0.25) is 0 Å². The molecule has 1 aromatic heterocycles. The van der Waals surface area contributed by atoms with Crippen molar-refractivity contribution in [1.29, 1.82) is 0 Å². The summed E-state index contributed by atoms with van der Waals surface area (Å²) in [5, 5.41) is 23.9. The van der Waals surface area contributed by atoms with Crippen LogP contribution in [0.15, 0.2) is 46.9 Å². The van der Waals surface area contributed by atoms with E-state index < -0.39 is 47.4 Å². The normalized spacial score (nSPS) is 17.4. The summed E-state index contributed by atoms with van der Waals surface area (Å²) in [6.07, 6.45) is -1.38. The van der Waals surface area contributed by atoms with Crippen molar-refractivity contribution in [3.63, 3.8) is 0 Å². The van der Waals surface area contributed by atoms with Gasteiger partial charge in [0.2, 0.25) is 0 Å². The molecule has 0 amide bonds. The zero-order valence-electron chi connectivity index (χ0n) is 22.8. The molecule has 1 saturated carbocycles. The second-order valence-electron chi connectivity index (χ2n) is 11.6. The lowest BCUT2D eigenvalue weighted by atomic mass is 9.74. The van der Waals surface area contributed by atoms with E-state index in [0.717, 1.165) is 55.9 Å². The van der Waals surface area contributed by atoms with Crippen molar-refractivity contribution >= 4 is 6.01 Å². The summed E-state index contributed by atoms with van der Waals surface area (Å²) in [7, 11) is 0. The third-order valence-electron chi connectivity index (χ3n) is 7.46. The number of anilines is 1. The molecule has 1 heterocycles. The number of alkyl halides is 3. The van der Waals surface area contributed by atoms with Gasteiger partial charge in [0.15, 0.2) is 0 Å². The molecule has 0 saturated heterocycles. The number of halogens is 5. The van der Waals surface area contributed by atoms with Crippen molar-refractivity contribution in [2.24, 2.45) is 0 Å². The number of hydrogen-bond donors (Lipinski definition) is 3. The molecule has 0 spiro atoms. The number of aromatic nitrogens is 2. The van der Waals surface area contributed by atoms with Gasteiger partial charge >= 0.3 is 18.1 Å². The van der Waals surface area contributed by atoms with Crippen LogP contribution < -0.4 is 10.6 Å². The summed E-state index contributed by atoms with van der Waals surface area (Å²) in [6.45, 7) is 6.48. The Morgan fingerprint density at radius 3 is 2.25 bits per heavy atom. The molecule has 2 aromatic carbocycles. The second kappa shape index (κ2) is 11.8. The molecule has 40 heavy (non-hydrogen) atoms. The molecule has 1 fully saturated rings. The van der Waals surface area contributed by atoms with Gasteiger partial charge in [-0.3, -0.25) is 0 Å². The fourth-order valence-corrected chi connectivity index (χ4v) is 5.27. The van der Waals surface area contributed by atoms with Crippen LogP contribution in [0.4, 0.5) is 28.0 Å². The Bertz CT molecular complexity index is 1260. The first-order valence-corrected chi connectivity index (χ1v) is 13.4. The van der Waals surface area contributed by atoms with Crippen LogP contribution in [0.3, 0.4) is 0 Å². The summed E-state index contributed by atoms with van der Waals surface area (Å²) >= 11 is 0. The van der Waals surface area contributed by atoms with E-state index >= 15 is 0 Å². The zero-order chi connectivity index (χ0) is 29.1. The van der Waals surface area contributed by atoms with E-state index in [-0.39, 0.29) is 23.9 Å². The van der Waals surface area contributed by atoms with E-state index in [4.69, 9.17) is 4.42 Å². The molecule has 6 nitrogen and oxygen atoms in total. The third-order valence-corrected chi connectivity index (χ3v) is 7.46. The van der Waals surface area contributed by atoms with Crippen LogP contribution in [0.25, 0.3) is 0 Å². The lowest BCUT2D eigenvalue weighted by Gasteiger charge is -2.41. The van der Waals surface area contributed by atoms with Gasteiger partial charge in [-0.1, -0.05) is 69.4 Å². The molecule has 2 atom stereocenters. The fraction of sp³-hybridized carbons (Fsp3) is 0.517. The maximum absolute atomic E-state index is 13.9. The monoisotopic (exact) mass is 566 g/mol. The highest BCUT2D eigenvalue weighted by atomic mass is 19.4. The van der Waals surface area contributed by atoms with Crippen molar-refractivity contribution in [1.82, 2.24) is 15.5 Å². The fourth-order valence-electron chi connectivity index (χ4n) is 5.27. The number of hydrogen-bond acceptors (Lipinski definition) is 6. The van der Waals surface area contributed by atoms with E-state index in [2.05, 4.69) is 59.8 Å². The first-order chi connectivity index (χ1) is 18.7. The Balaban J connectivity index is 1.58. The van der Waals surface area contributed by atoms with E-state index in [1.807, 2.05) is 6.07 Å². The van der Waals surface area contributed by atoms with E-state index in [0.29, 0.717) is 0 Å². The minimum Gasteiger partial charge on any atom is -0.399 e. The Morgan fingerprint density at radius 2 is 1.65 bits per heavy atom. The molecule has 1 aliphatic carbocycles. The largest absolute Gasteiger partial charge is 0.470 e. The zero-order valence-corrected chi connectivity index (χ0v) is 22.8. The molecule has 3 N–H and O–H groups in total. The van der Waals surface area contributed by atoms with Gasteiger partial charge in [0.1, 0.15) is 11.6 Å². The summed E-state index contributed by atoms with van der Waals surface area (Å²) in [6, 6.07) is 9.75. The number of aliphatic hydroxyl groups is 1. The molecule has 2 unspecified atom stereocenters. The van der Waals surface area contributed by atoms with Crippen molar-refractivity contribution in [2.45, 2.75) is 88.6 Å². The van der Waals surface area contributed by atoms with Crippen LogP contribution in [0.5, 0.6) is 0 Å². The lowest BCUT2D eigenvalue weighted by molar-refractivity contribution is -0.156. The van der Waals surface area contributed by atoms with Crippen molar-refractivity contribution in [2.75, 3.05) is 11.9 Å². The lowest BCUT2D eigenvalue weighted by Crippen LogP contribution is -2.51. The van der Waals surface area contributed by atoms with Crippen LogP contribution in [-0.2, 0) is 23.6 Å². The molecular weight excluding hydrogens is 531 g/mol. The molecule has 0 bridgehead atoms. The second-order valence-corrected chi connectivity index (χ2v) is 11.6. The van der Waals surface area contributed by atoms with Crippen LogP contribution in [-0.4, -0.2) is 34.0 Å². The molecule has 0 aliphatic heterocycles. The molecule has 4 rings (SSSR count). The minimum atomic E-state index is -4.84. The Kier molecular flexibility index (Phi) is 8.84. The van der Waals surface area contributed by atoms with E-state index in [1.54, 1.807) is 0 Å². The Hall–Kier alpha value is -3.05. The third kappa shape index (κ3) is 7.37. The smallest absolute Gasteiger partial charge is 0.399 e. The SMILES string of the molecule is CC(C)(C)c1cccc(C2(NCC(O)C(Cc3cc(F)cc(F)c3)Nc3nnc(C(F)(F)F)o3)CCCCC2)c1. The summed E-state index contributed by atoms with van der Waals surface area (Å²) in [5.74, 6) is -3.16. The average Bonchev–Trinajstić information content (AvgIpc) is 3.36. The highest BCUT2D eigenvalue weighted by Gasteiger charge is 2.39. The molecule has 218 valence electrons. The standard InChI is InChI=1S/C29H35F5N4O2/c1-27(2,3)19-8-7-9-20(15-19)28(10-5-4-6-11-28)35-17-24(39)23(14-18-12-21(30)16-22(31)13-18)36-26-38-37-25(40-26)29(32,33)34/h7-9,12-13,15-16,23-24,35,39H,4-6,10-11,14,17H2,1-3H3,(H,36,38). The van der Waals surface area contributed by atoms with Gasteiger partial charge in [-0.15, -0.1) is 5.10 Å². The first-order valence-electron chi connectivity index (χ1n) is 13.4. The molecule has 0 radical (unpaired) electrons. The summed E-state index contributed by atoms with van der Waals surface area (Å²) in [5.41, 5.74) is 2.02. The van der Waals surface area contributed by atoms with Gasteiger partial charge in [-0.2, -0.15) is 13.2 Å². The highest BCUT2D eigenvalue weighted by molar-refractivity contribution is 5.34. The summed E-state index contributed by atoms with van der Waals surface area (Å²) in [4.78, 5) is 0. The van der Waals surface area contributed by atoms with Crippen molar-refractivity contribution < 1.29 is 31.5 Å². The molecule has 3 aromatic rings. The average molecular weight is 567 g/mol. The van der Waals surface area contributed by atoms with E-state index in [1.165, 1.54) is 5.56 Å². The predicted octanol–water partition coefficient (Wildman–Crippen LogP) is 6.50. The number of aliphatic hydroxyl groups excluding tert-OH is 1. The van der Waals surface area contributed by atoms with Crippen LogP contribution in [0, 0.1) is 11.6 Å². The topological polar surface area (TPSA) is 83.2 Å². The maximum Gasteiger partial charge on any atom is 0.470 e. The quantitative estimate of drug-likeness (QED) is 0.257. The Morgan fingerprint density at radius 1 is 0.975 bits per heavy atom. The first kappa shape index (κ1) is 29.9. The van der Waals surface area contributed by atoms with Crippen LogP contribution in [0.1, 0.15) is 75.5 Å². The van der Waals surface area contributed by atoms with E-state index in [9.17, 15) is 27.1 Å². The molecular formula is C29H35F5N4O2. The van der Waals surface area contributed by atoms with Crippen LogP contribution >= 0.6 is 0 Å². The van der Waals surface area contributed by atoms with Gasteiger partial charge in [0.25, 0.3) is 0 Å². The van der Waals surface area contributed by atoms with Gasteiger partial charge in [-0.25, -0.2) is 8.78 Å². The van der Waals surface area contributed by atoms with Gasteiger partial charge < -0.3 is 20.2 Å². The predicted molar refractivity (Wildman–Crippen MR) is 141 cm³/mol. The van der Waals surface area contributed by atoms with Crippen molar-refractivity contribution in [3.8, 4) is 0 Å². The van der Waals surface area contributed by atoms with Crippen molar-refractivity contribution in [3.05, 3.63) is 76.7 Å². The van der Waals surface area contributed by atoms with Gasteiger partial charge in [0.05, 0.1) is 12.1 Å². The molecule has 11 heteroatoms. The number of rotatable bonds is 9. The number of nitrogens with zero attached hydrogens (tertiary/aromatic N) is 2.